The largest absolute Gasteiger partial charge is 0.456 e. The average Bonchev–Trinajstić information content (AvgIpc) is 0.954. The zero-order valence-electron chi connectivity index (χ0n) is 70.1. The number of anilines is 6. The van der Waals surface area contributed by atoms with Gasteiger partial charge in [0.2, 0.25) is 0 Å². The van der Waals surface area contributed by atoms with Crippen LogP contribution in [0.5, 0.6) is 0 Å². The summed E-state index contributed by atoms with van der Waals surface area (Å²) in [6.45, 7) is 0. The molecule has 0 saturated heterocycles. The summed E-state index contributed by atoms with van der Waals surface area (Å²) < 4.78 is 12.8. The maximum Gasteiger partial charge on any atom is 0.135 e. The van der Waals surface area contributed by atoms with Crippen molar-refractivity contribution in [2.75, 3.05) is 9.80 Å². The lowest BCUT2D eigenvalue weighted by atomic mass is 9.89. The van der Waals surface area contributed by atoms with Crippen LogP contribution in [-0.4, -0.2) is 0 Å². The van der Waals surface area contributed by atoms with Crippen LogP contribution in [0.2, 0.25) is 0 Å². The van der Waals surface area contributed by atoms with Gasteiger partial charge in [-0.25, -0.2) is 0 Å². The average molecular weight is 1630 g/mol. The highest BCUT2D eigenvalue weighted by Crippen LogP contribution is 2.50. The van der Waals surface area contributed by atoms with Crippen LogP contribution in [0.15, 0.2) is 506 Å². The molecule has 0 aliphatic carbocycles. The molecule has 0 bridgehead atoms. The predicted molar refractivity (Wildman–Crippen MR) is 539 cm³/mol. The number of benzene rings is 21. The Kier molecular flexibility index (Phi) is 19.6. The highest BCUT2D eigenvalue weighted by Gasteiger charge is 2.26. The molecule has 600 valence electrons. The van der Waals surface area contributed by atoms with Gasteiger partial charge in [-0.05, 0) is 278 Å². The predicted octanol–water partition coefficient (Wildman–Crippen LogP) is 35.2. The Hall–Kier alpha value is -16.9. The van der Waals surface area contributed by atoms with E-state index in [1.807, 2.05) is 18.2 Å². The molecular weight excluding hydrogens is 1550 g/mol. The van der Waals surface area contributed by atoms with Crippen LogP contribution in [0.3, 0.4) is 0 Å². The monoisotopic (exact) mass is 1630 g/mol. The van der Waals surface area contributed by atoms with Gasteiger partial charge in [-0.1, -0.05) is 364 Å². The Morgan fingerprint density at radius 3 is 0.906 bits per heavy atom. The lowest BCUT2D eigenvalue weighted by molar-refractivity contribution is 0.668. The normalized spacial score (nSPS) is 11.4. The first-order chi connectivity index (χ1) is 63.4. The van der Waals surface area contributed by atoms with E-state index < -0.39 is 0 Å². The van der Waals surface area contributed by atoms with Gasteiger partial charge in [0.15, 0.2) is 0 Å². The lowest BCUT2D eigenvalue weighted by Crippen LogP contribution is -2.13. The van der Waals surface area contributed by atoms with Gasteiger partial charge in [0, 0.05) is 55.4 Å². The standard InChI is InChI=1S/C124H82N2O2/c1-6-26-83(27-7-1)95-41-24-43-106(76-95)125(104-66-54-91(55-67-104)108-47-25-37-87-36-16-17-44-107(87)108)103-62-50-85(51-63-103)97-57-69-110(102-61-73-124-118(82-102)112-46-19-21-49-122(112)128-124)114(78-97)100-42-23-40-94(75-100)92-38-22-39-93(74-92)99-59-71-120(116(80-99)90-34-14-5-15-35-90)126(119-70-58-98(84-28-8-2-9-29-84)79-115(119)89-32-12-4-13-33-89)105-64-52-86(53-65-105)96-56-68-109(113(77-96)88-30-10-3-11-31-88)101-60-72-123-117(81-101)111-45-18-20-48-121(111)127-123/h1-82H. The summed E-state index contributed by atoms with van der Waals surface area (Å²) in [5, 5.41) is 6.86. The molecule has 0 fully saturated rings. The number of para-hydroxylation sites is 2. The van der Waals surface area contributed by atoms with Crippen LogP contribution < -0.4 is 9.80 Å². The third-order valence-electron chi connectivity index (χ3n) is 25.3. The van der Waals surface area contributed by atoms with Gasteiger partial charge in [0.25, 0.3) is 0 Å². The highest BCUT2D eigenvalue weighted by molar-refractivity contribution is 6.09. The fraction of sp³-hybridized carbons (Fsp3) is 0. The zero-order valence-corrected chi connectivity index (χ0v) is 70.1. The maximum atomic E-state index is 6.45. The second-order valence-corrected chi connectivity index (χ2v) is 33.0. The van der Waals surface area contributed by atoms with E-state index in [9.17, 15) is 0 Å². The zero-order chi connectivity index (χ0) is 84.8. The van der Waals surface area contributed by atoms with Crippen molar-refractivity contribution in [2.24, 2.45) is 0 Å². The Morgan fingerprint density at radius 1 is 0.125 bits per heavy atom. The first-order valence-electron chi connectivity index (χ1n) is 43.8. The van der Waals surface area contributed by atoms with E-state index in [4.69, 9.17) is 8.83 Å². The topological polar surface area (TPSA) is 32.8 Å². The molecule has 0 unspecified atom stereocenters. The molecule has 0 radical (unpaired) electrons. The second kappa shape index (κ2) is 33.0. The molecule has 23 aromatic rings. The molecule has 0 atom stereocenters. The van der Waals surface area contributed by atoms with Crippen molar-refractivity contribution in [2.45, 2.75) is 0 Å². The summed E-state index contributed by atoms with van der Waals surface area (Å²) in [5.41, 5.74) is 39.2. The van der Waals surface area contributed by atoms with Gasteiger partial charge in [0.05, 0.1) is 11.4 Å². The molecule has 0 saturated carbocycles. The van der Waals surface area contributed by atoms with Gasteiger partial charge in [-0.3, -0.25) is 0 Å². The van der Waals surface area contributed by atoms with Crippen LogP contribution >= 0.6 is 0 Å². The Morgan fingerprint density at radius 2 is 0.414 bits per heavy atom. The third kappa shape index (κ3) is 14.5. The fourth-order valence-electron chi connectivity index (χ4n) is 18.9. The first-order valence-corrected chi connectivity index (χ1v) is 43.8. The minimum Gasteiger partial charge on any atom is -0.456 e. The number of nitrogens with zero attached hydrogens (tertiary/aromatic N) is 2. The van der Waals surface area contributed by atoms with Gasteiger partial charge < -0.3 is 18.6 Å². The van der Waals surface area contributed by atoms with Gasteiger partial charge in [-0.2, -0.15) is 0 Å². The van der Waals surface area contributed by atoms with E-state index in [0.717, 1.165) is 206 Å². The van der Waals surface area contributed by atoms with Crippen LogP contribution in [0.1, 0.15) is 0 Å². The van der Waals surface area contributed by atoms with E-state index in [2.05, 4.69) is 489 Å². The fourth-order valence-corrected chi connectivity index (χ4v) is 18.9. The number of hydrogen-bond donors (Lipinski definition) is 0. The number of furan rings is 2. The van der Waals surface area contributed by atoms with Crippen molar-refractivity contribution in [3.63, 3.8) is 0 Å². The second-order valence-electron chi connectivity index (χ2n) is 33.0. The summed E-state index contributed by atoms with van der Waals surface area (Å²) >= 11 is 0. The van der Waals surface area contributed by atoms with Crippen LogP contribution in [0, 0.1) is 0 Å². The number of fused-ring (bicyclic) bond motifs is 7. The molecular formula is C124H82N2O2. The molecule has 0 spiro atoms. The van der Waals surface area contributed by atoms with Gasteiger partial charge in [0.1, 0.15) is 22.3 Å². The SMILES string of the molecule is c1ccc(-c2cccc(N(c3ccc(-c4ccc(-c5ccc6oc7ccccc7c6c5)c(-c5cccc(-c6cccc(-c7ccc(N(c8ccc(-c9ccc(-c%10ccc%11oc%12ccccc%12c%11c%10)c(-c%10ccccc%10)c9)cc8)c8ccc(-c9ccccc9)cc8-c8ccccc8)c(-c8ccccc8)c7)c6)c5)c4)cc3)c3ccc(-c4cccc5ccccc45)cc3)c2)cc1. The van der Waals surface area contributed by atoms with Gasteiger partial charge >= 0.3 is 0 Å². The van der Waals surface area contributed by atoms with Crippen LogP contribution in [0.4, 0.5) is 34.1 Å². The molecule has 0 amide bonds. The summed E-state index contributed by atoms with van der Waals surface area (Å²) in [7, 11) is 0. The molecule has 0 aliphatic rings. The molecule has 128 heavy (non-hydrogen) atoms. The molecule has 2 heterocycles. The minimum absolute atomic E-state index is 0.864. The highest BCUT2D eigenvalue weighted by atomic mass is 16.3. The molecule has 2 aromatic heterocycles. The first kappa shape index (κ1) is 76.0. The van der Waals surface area contributed by atoms with Crippen molar-refractivity contribution < 1.29 is 8.83 Å². The van der Waals surface area contributed by atoms with E-state index in [-0.39, 0.29) is 0 Å². The lowest BCUT2D eigenvalue weighted by Gasteiger charge is -2.31. The minimum atomic E-state index is 0.864. The summed E-state index contributed by atoms with van der Waals surface area (Å²) in [5.74, 6) is 0. The van der Waals surface area contributed by atoms with Crippen molar-refractivity contribution in [3.05, 3.63) is 497 Å². The summed E-state index contributed by atoms with van der Waals surface area (Å²) in [6.07, 6.45) is 0. The van der Waals surface area contributed by atoms with Gasteiger partial charge in [-0.15, -0.1) is 0 Å². The third-order valence-corrected chi connectivity index (χ3v) is 25.3. The number of rotatable bonds is 19. The van der Waals surface area contributed by atoms with Crippen LogP contribution in [0.25, 0.3) is 199 Å². The number of hydrogen-bond acceptors (Lipinski definition) is 4. The summed E-state index contributed by atoms with van der Waals surface area (Å²) in [6, 6.07) is 181. The molecule has 23 rings (SSSR count). The van der Waals surface area contributed by atoms with E-state index in [1.165, 1.54) is 27.5 Å². The van der Waals surface area contributed by atoms with E-state index in [0.29, 0.717) is 0 Å². The Balaban J connectivity index is 0.621. The van der Waals surface area contributed by atoms with E-state index in [1.54, 1.807) is 0 Å². The Bertz CT molecular complexity index is 8070. The Labute approximate surface area is 744 Å². The van der Waals surface area contributed by atoms with Crippen molar-refractivity contribution in [1.29, 1.82) is 0 Å². The molecule has 0 N–H and O–H groups in total. The smallest absolute Gasteiger partial charge is 0.135 e. The van der Waals surface area contributed by atoms with E-state index >= 15 is 0 Å². The molecule has 4 heteroatoms. The quantitative estimate of drug-likeness (QED) is 0.0808. The van der Waals surface area contributed by atoms with Crippen LogP contribution in [-0.2, 0) is 0 Å². The van der Waals surface area contributed by atoms with Crippen molar-refractivity contribution in [1.82, 2.24) is 0 Å². The maximum absolute atomic E-state index is 6.45. The summed E-state index contributed by atoms with van der Waals surface area (Å²) in [4.78, 5) is 4.86. The molecule has 0 aliphatic heterocycles. The molecule has 4 nitrogen and oxygen atoms in total. The van der Waals surface area contributed by atoms with Crippen molar-refractivity contribution in [3.8, 4) is 145 Å². The van der Waals surface area contributed by atoms with Crippen molar-refractivity contribution >= 4 is 88.8 Å². The molecule has 21 aromatic carbocycles.